The van der Waals surface area contributed by atoms with Gasteiger partial charge >= 0.3 is 5.97 Å². The highest BCUT2D eigenvalue weighted by molar-refractivity contribution is 6.28. The molecule has 10 nitrogen and oxygen atoms in total. The fraction of sp³-hybridized carbons (Fsp3) is 0.381. The molecule has 1 aliphatic heterocycles. The lowest BCUT2D eigenvalue weighted by Gasteiger charge is -2.25. The number of rotatable bonds is 10. The van der Waals surface area contributed by atoms with Crippen LogP contribution in [0, 0.1) is 0 Å². The van der Waals surface area contributed by atoms with Crippen LogP contribution < -0.4 is 10.6 Å². The Morgan fingerprint density at radius 2 is 1.87 bits per heavy atom. The molecule has 0 aliphatic carbocycles. The zero-order chi connectivity index (χ0) is 22.6. The lowest BCUT2D eigenvalue weighted by Crippen LogP contribution is -2.45. The van der Waals surface area contributed by atoms with E-state index in [4.69, 9.17) is 4.74 Å². The molecule has 2 rings (SSSR count). The molecule has 0 bridgehead atoms. The average molecular weight is 430 g/mol. The monoisotopic (exact) mass is 430 g/mol. The summed E-state index contributed by atoms with van der Waals surface area (Å²) in [7, 11) is 0. The fourth-order valence-corrected chi connectivity index (χ4v) is 3.00. The molecule has 2 atom stereocenters. The summed E-state index contributed by atoms with van der Waals surface area (Å²) >= 11 is 0. The molecule has 3 amide bonds. The number of carbonyl (C=O) groups excluding carboxylic acids is 3. The lowest BCUT2D eigenvalue weighted by atomic mass is 9.91. The summed E-state index contributed by atoms with van der Waals surface area (Å²) < 4.78 is 5.20. The Kier molecular flexibility index (Phi) is 9.53. The molecule has 1 unspecified atom stereocenters. The molecule has 0 radical (unpaired) electrons. The first kappa shape index (κ1) is 23.9. The first-order chi connectivity index (χ1) is 14.9. The van der Waals surface area contributed by atoms with E-state index in [2.05, 4.69) is 22.2 Å². The number of hydrogen-bond acceptors (Lipinski definition) is 6. The number of benzene rings is 1. The number of amides is 3. The number of ether oxygens (including phenoxy) is 1. The van der Waals surface area contributed by atoms with Crippen molar-refractivity contribution in [3.8, 4) is 0 Å². The van der Waals surface area contributed by atoms with E-state index in [9.17, 15) is 24.3 Å². The third-order valence-electron chi connectivity index (χ3n) is 4.59. The highest BCUT2D eigenvalue weighted by Gasteiger charge is 2.28. The van der Waals surface area contributed by atoms with E-state index in [1.807, 2.05) is 4.90 Å². The van der Waals surface area contributed by atoms with Crippen LogP contribution >= 0.6 is 0 Å². The van der Waals surface area contributed by atoms with Gasteiger partial charge in [0.1, 0.15) is 6.04 Å². The molecule has 0 spiro atoms. The Balaban J connectivity index is 1.84. The molecule has 1 fully saturated rings. The van der Waals surface area contributed by atoms with E-state index in [0.717, 1.165) is 0 Å². The van der Waals surface area contributed by atoms with Crippen molar-refractivity contribution in [1.29, 1.82) is 0 Å². The van der Waals surface area contributed by atoms with E-state index in [1.165, 1.54) is 6.08 Å². The second-order valence-electron chi connectivity index (χ2n) is 6.81. The highest BCUT2D eigenvalue weighted by atomic mass is 16.5. The van der Waals surface area contributed by atoms with Gasteiger partial charge in [0.2, 0.25) is 5.91 Å². The molecule has 0 aromatic heterocycles. The quantitative estimate of drug-likeness (QED) is 0.338. The third kappa shape index (κ3) is 8.11. The van der Waals surface area contributed by atoms with Crippen LogP contribution in [0.3, 0.4) is 0 Å². The maximum atomic E-state index is 12.1. The van der Waals surface area contributed by atoms with Gasteiger partial charge in [0.25, 0.3) is 11.8 Å². The van der Waals surface area contributed by atoms with Gasteiger partial charge in [-0.15, -0.1) is 6.58 Å². The van der Waals surface area contributed by atoms with E-state index in [1.54, 1.807) is 30.3 Å². The molecule has 10 heteroatoms. The van der Waals surface area contributed by atoms with Crippen LogP contribution in [0.2, 0.25) is 0 Å². The maximum absolute atomic E-state index is 12.1. The number of hydrogen-bond donors (Lipinski definition) is 3. The van der Waals surface area contributed by atoms with E-state index in [0.29, 0.717) is 38.1 Å². The molecule has 1 aliphatic rings. The minimum absolute atomic E-state index is 0.142. The zero-order valence-corrected chi connectivity index (χ0v) is 17.0. The van der Waals surface area contributed by atoms with Gasteiger partial charge < -0.3 is 20.5 Å². The maximum Gasteiger partial charge on any atom is 0.327 e. The second-order valence-corrected chi connectivity index (χ2v) is 6.81. The molecule has 3 N–H and O–H groups in total. The fourth-order valence-electron chi connectivity index (χ4n) is 3.00. The summed E-state index contributed by atoms with van der Waals surface area (Å²) in [6.07, 6.45) is 2.14. The lowest BCUT2D eigenvalue weighted by molar-refractivity contribution is -0.141. The molecular formula is C21H26N4O6. The predicted octanol–water partition coefficient (Wildman–Crippen LogP) is -0.429. The highest BCUT2D eigenvalue weighted by Crippen LogP contribution is 2.21. The average Bonchev–Trinajstić information content (AvgIpc) is 2.77. The van der Waals surface area contributed by atoms with Crippen molar-refractivity contribution in [2.24, 2.45) is 4.99 Å². The Morgan fingerprint density at radius 3 is 2.48 bits per heavy atom. The summed E-state index contributed by atoms with van der Waals surface area (Å²) in [6, 6.07) is 7.45. The largest absolute Gasteiger partial charge is 0.480 e. The van der Waals surface area contributed by atoms with E-state index >= 15 is 0 Å². The van der Waals surface area contributed by atoms with Gasteiger partial charge in [0, 0.05) is 19.0 Å². The van der Waals surface area contributed by atoms with Crippen molar-refractivity contribution in [2.45, 2.75) is 12.0 Å². The summed E-state index contributed by atoms with van der Waals surface area (Å²) in [4.78, 5) is 52.8. The number of carbonyl (C=O) groups is 4. The van der Waals surface area contributed by atoms with E-state index in [-0.39, 0.29) is 19.0 Å². The number of carboxylic acids is 1. The summed E-state index contributed by atoms with van der Waals surface area (Å²) in [5.41, 5.74) is 0.668. The number of morpholine rings is 1. The Hall–Kier alpha value is -3.37. The number of nitrogens with one attached hydrogen (secondary N) is 2. The van der Waals surface area contributed by atoms with Crippen molar-refractivity contribution in [1.82, 2.24) is 15.5 Å². The van der Waals surface area contributed by atoms with Crippen LogP contribution in [0.1, 0.15) is 11.5 Å². The Bertz CT molecular complexity index is 820. The van der Waals surface area contributed by atoms with Crippen LogP contribution in [-0.4, -0.2) is 85.3 Å². The normalized spacial score (nSPS) is 16.3. The van der Waals surface area contributed by atoms with Crippen molar-refractivity contribution in [3.63, 3.8) is 0 Å². The van der Waals surface area contributed by atoms with Gasteiger partial charge in [-0.3, -0.25) is 19.3 Å². The minimum Gasteiger partial charge on any atom is -0.480 e. The van der Waals surface area contributed by atoms with Gasteiger partial charge in [-0.2, -0.15) is 0 Å². The van der Waals surface area contributed by atoms with Crippen molar-refractivity contribution >= 4 is 29.9 Å². The van der Waals surface area contributed by atoms with Crippen LogP contribution in [0.4, 0.5) is 0 Å². The summed E-state index contributed by atoms with van der Waals surface area (Å²) in [6.45, 7) is 5.81. The number of carboxylic acid groups (broad SMARTS) is 1. The van der Waals surface area contributed by atoms with Gasteiger partial charge in [-0.25, -0.2) is 9.79 Å². The SMILES string of the molecule is C=C[C@H](c1ccccc1)C(NC(=O)/C=N/C(=O)CNC(=O)CN1CCOCC1)C(=O)O. The summed E-state index contributed by atoms with van der Waals surface area (Å²) in [5.74, 6) is -3.84. The molecule has 31 heavy (non-hydrogen) atoms. The smallest absolute Gasteiger partial charge is 0.327 e. The predicted molar refractivity (Wildman–Crippen MR) is 113 cm³/mol. The van der Waals surface area contributed by atoms with Crippen molar-refractivity contribution in [3.05, 3.63) is 48.6 Å². The summed E-state index contributed by atoms with van der Waals surface area (Å²) in [5, 5.41) is 14.3. The standard InChI is InChI=1S/C21H26N4O6/c1-2-16(15-6-4-3-5-7-15)20(21(29)30)24-18(27)13-22-17(26)12-23-19(28)14-25-8-10-31-11-9-25/h2-7,13,16,20H,1,8-12,14H2,(H,23,28)(H,24,27)(H,29,30)/b22-13+/t16-,20?/m1/s1. The molecule has 1 heterocycles. The molecule has 1 aromatic carbocycles. The van der Waals surface area contributed by atoms with Crippen molar-refractivity contribution < 1.29 is 29.0 Å². The molecule has 1 saturated heterocycles. The molecular weight excluding hydrogens is 404 g/mol. The van der Waals surface area contributed by atoms with Gasteiger partial charge in [-0.1, -0.05) is 36.4 Å². The van der Waals surface area contributed by atoms with Crippen LogP contribution in [0.5, 0.6) is 0 Å². The van der Waals surface area contributed by atoms with Gasteiger partial charge in [0.15, 0.2) is 0 Å². The third-order valence-corrected chi connectivity index (χ3v) is 4.59. The van der Waals surface area contributed by atoms with Crippen LogP contribution in [-0.2, 0) is 23.9 Å². The minimum atomic E-state index is -1.29. The van der Waals surface area contributed by atoms with Crippen molar-refractivity contribution in [2.75, 3.05) is 39.4 Å². The topological polar surface area (TPSA) is 137 Å². The first-order valence-electron chi connectivity index (χ1n) is 9.75. The van der Waals surface area contributed by atoms with Crippen LogP contribution in [0.25, 0.3) is 0 Å². The number of nitrogens with zero attached hydrogens (tertiary/aromatic N) is 2. The number of aliphatic imine (C=N–C) groups is 1. The molecule has 1 aromatic rings. The van der Waals surface area contributed by atoms with Crippen LogP contribution in [0.15, 0.2) is 48.0 Å². The van der Waals surface area contributed by atoms with Gasteiger partial charge in [0.05, 0.1) is 32.5 Å². The number of aliphatic carboxylic acids is 1. The van der Waals surface area contributed by atoms with Gasteiger partial charge in [-0.05, 0) is 5.56 Å². The Labute approximate surface area is 180 Å². The van der Waals surface area contributed by atoms with E-state index < -0.39 is 29.7 Å². The molecule has 0 saturated carbocycles. The Morgan fingerprint density at radius 1 is 1.19 bits per heavy atom. The zero-order valence-electron chi connectivity index (χ0n) is 17.0. The molecule has 166 valence electrons. The first-order valence-corrected chi connectivity index (χ1v) is 9.75. The second kappa shape index (κ2) is 12.4.